The summed E-state index contributed by atoms with van der Waals surface area (Å²) in [6.07, 6.45) is 2.97. The van der Waals surface area contributed by atoms with Crippen molar-refractivity contribution in [2.24, 2.45) is 13.0 Å². The minimum atomic E-state index is -1.03. The van der Waals surface area contributed by atoms with E-state index < -0.39 is 17.2 Å². The average Bonchev–Trinajstić information content (AvgIpc) is 3.48. The summed E-state index contributed by atoms with van der Waals surface area (Å²) in [4.78, 5) is 11.5. The number of hydrogen-bond donors (Lipinski definition) is 4. The Balaban J connectivity index is 0.000000730. The first-order valence-corrected chi connectivity index (χ1v) is 9.68. The minimum Gasteiger partial charge on any atom is -0.397 e. The number of aryl methyl sites for hydroxylation is 1. The van der Waals surface area contributed by atoms with E-state index in [2.05, 4.69) is 12.2 Å². The van der Waals surface area contributed by atoms with E-state index in [1.54, 1.807) is 25.4 Å². The van der Waals surface area contributed by atoms with Gasteiger partial charge in [-0.15, -0.1) is 0 Å². The maximum absolute atomic E-state index is 13.8. The van der Waals surface area contributed by atoms with Gasteiger partial charge in [0.25, 0.3) is 5.56 Å². The zero-order chi connectivity index (χ0) is 22.6. The maximum Gasteiger partial charge on any atom is 0.287 e. The van der Waals surface area contributed by atoms with E-state index in [-0.39, 0.29) is 23.8 Å². The number of pyridine rings is 1. The van der Waals surface area contributed by atoms with Gasteiger partial charge >= 0.3 is 0 Å². The van der Waals surface area contributed by atoms with Crippen molar-refractivity contribution in [3.8, 4) is 0 Å². The second kappa shape index (κ2) is 13.7. The molecule has 1 aliphatic rings. The highest BCUT2D eigenvalue weighted by atomic mass is 19.1. The second-order valence-electron chi connectivity index (χ2n) is 6.34. The van der Waals surface area contributed by atoms with Gasteiger partial charge in [0.2, 0.25) is 0 Å². The van der Waals surface area contributed by atoms with Crippen molar-refractivity contribution in [1.29, 1.82) is 0 Å². The average molecular weight is 414 g/mol. The third-order valence-corrected chi connectivity index (χ3v) is 3.73. The third kappa shape index (κ3) is 9.06. The van der Waals surface area contributed by atoms with Crippen LogP contribution in [0.25, 0.3) is 0 Å². The Kier molecular flexibility index (Phi) is 12.5. The van der Waals surface area contributed by atoms with Crippen LogP contribution in [-0.4, -0.2) is 21.5 Å². The molecule has 164 valence electrons. The van der Waals surface area contributed by atoms with Gasteiger partial charge in [-0.05, 0) is 37.5 Å². The van der Waals surface area contributed by atoms with Crippen LogP contribution in [0.1, 0.15) is 46.1 Å². The lowest BCUT2D eigenvalue weighted by Gasteiger charge is -2.15. The first kappa shape index (κ1) is 26.6. The summed E-state index contributed by atoms with van der Waals surface area (Å²) < 4.78 is 28.0. The zero-order valence-electron chi connectivity index (χ0n) is 18.0. The number of benzene rings is 1. The smallest absolute Gasteiger partial charge is 0.287 e. The van der Waals surface area contributed by atoms with Crippen molar-refractivity contribution in [3.63, 3.8) is 0 Å². The van der Waals surface area contributed by atoms with Crippen molar-refractivity contribution >= 4 is 17.2 Å². The molecule has 2 aromatic rings. The normalized spacial score (nSPS) is 11.7. The number of halogens is 2. The molecule has 0 saturated heterocycles. The van der Waals surface area contributed by atoms with Gasteiger partial charge in [0.15, 0.2) is 5.82 Å². The van der Waals surface area contributed by atoms with Crippen LogP contribution < -0.4 is 16.4 Å². The lowest BCUT2D eigenvalue weighted by Crippen LogP contribution is -2.23. The Morgan fingerprint density at radius 3 is 2.07 bits per heavy atom. The van der Waals surface area contributed by atoms with Crippen molar-refractivity contribution in [2.45, 2.75) is 47.5 Å². The summed E-state index contributed by atoms with van der Waals surface area (Å²) in [6, 6.07) is 5.31. The maximum atomic E-state index is 13.8. The third-order valence-electron chi connectivity index (χ3n) is 3.73. The van der Waals surface area contributed by atoms with Crippen LogP contribution in [0.3, 0.4) is 0 Å². The summed E-state index contributed by atoms with van der Waals surface area (Å²) in [5.41, 5.74) is 1.64. The molecule has 0 spiro atoms. The SMILES string of the molecule is CC.CC1CC1.CCO.Cc1ccc(Nc2c(NO)cc(F)c(=O)n2C)c(F)c1. The molecule has 6 nitrogen and oxygen atoms in total. The highest BCUT2D eigenvalue weighted by Crippen LogP contribution is 2.27. The molecular weight excluding hydrogens is 380 g/mol. The highest BCUT2D eigenvalue weighted by molar-refractivity contribution is 5.70. The molecular formula is C21H33F2N3O3. The lowest BCUT2D eigenvalue weighted by molar-refractivity contribution is 0.318. The van der Waals surface area contributed by atoms with E-state index >= 15 is 0 Å². The predicted octanol–water partition coefficient (Wildman–Crippen LogP) is 4.96. The van der Waals surface area contributed by atoms with Crippen LogP contribution >= 0.6 is 0 Å². The van der Waals surface area contributed by atoms with Crippen molar-refractivity contribution in [1.82, 2.24) is 4.57 Å². The van der Waals surface area contributed by atoms with Gasteiger partial charge in [0.05, 0.1) is 5.69 Å². The molecule has 8 heteroatoms. The quantitative estimate of drug-likeness (QED) is 0.535. The molecule has 1 aliphatic carbocycles. The predicted molar refractivity (Wildman–Crippen MR) is 114 cm³/mol. The van der Waals surface area contributed by atoms with Gasteiger partial charge in [-0.25, -0.2) is 8.78 Å². The fourth-order valence-corrected chi connectivity index (χ4v) is 1.95. The van der Waals surface area contributed by atoms with E-state index in [0.717, 1.165) is 22.1 Å². The summed E-state index contributed by atoms with van der Waals surface area (Å²) in [6.45, 7) is 9.95. The van der Waals surface area contributed by atoms with Gasteiger partial charge in [0, 0.05) is 19.7 Å². The van der Waals surface area contributed by atoms with Crippen molar-refractivity contribution in [2.75, 3.05) is 17.4 Å². The van der Waals surface area contributed by atoms with E-state index in [4.69, 9.17) is 10.3 Å². The number of aliphatic hydroxyl groups is 1. The van der Waals surface area contributed by atoms with E-state index in [1.165, 1.54) is 32.0 Å². The lowest BCUT2D eigenvalue weighted by atomic mass is 10.2. The fraction of sp³-hybridized carbons (Fsp3) is 0.476. The minimum absolute atomic E-state index is 0.0432. The Hall–Kier alpha value is -2.45. The first-order valence-electron chi connectivity index (χ1n) is 9.68. The summed E-state index contributed by atoms with van der Waals surface area (Å²) >= 11 is 0. The molecule has 1 saturated carbocycles. The van der Waals surface area contributed by atoms with Gasteiger partial charge in [-0.1, -0.05) is 39.7 Å². The van der Waals surface area contributed by atoms with Crippen LogP contribution in [0.4, 0.5) is 26.0 Å². The number of anilines is 3. The largest absolute Gasteiger partial charge is 0.397 e. The topological polar surface area (TPSA) is 86.5 Å². The molecule has 1 heterocycles. The molecule has 0 amide bonds. The standard InChI is InChI=1S/C13H13F2N3O2.C4H8.C2H6O.C2H6/c1-7-3-4-10(8(14)5-7)16-12-11(17-20)6-9(15)13(19)18(12)2;1-4-2-3-4;1-2-3;1-2/h3-6,16-17,20H,1-2H3;4H,2-3H2,1H3;3H,2H2,1H3;1-2H3. The van der Waals surface area contributed by atoms with Gasteiger partial charge in [-0.2, -0.15) is 0 Å². The molecule has 1 aromatic carbocycles. The number of aromatic nitrogens is 1. The first-order chi connectivity index (χ1) is 13.7. The van der Waals surface area contributed by atoms with Gasteiger partial charge in [-0.3, -0.25) is 20.0 Å². The monoisotopic (exact) mass is 413 g/mol. The number of rotatable bonds is 3. The van der Waals surface area contributed by atoms with Crippen molar-refractivity contribution < 1.29 is 19.1 Å². The van der Waals surface area contributed by atoms with Crippen LogP contribution in [0, 0.1) is 24.5 Å². The Morgan fingerprint density at radius 1 is 1.14 bits per heavy atom. The Labute approximate surface area is 171 Å². The molecule has 1 fully saturated rings. The molecule has 4 N–H and O–H groups in total. The highest BCUT2D eigenvalue weighted by Gasteiger charge is 2.14. The van der Waals surface area contributed by atoms with Gasteiger partial charge in [0.1, 0.15) is 17.3 Å². The molecule has 29 heavy (non-hydrogen) atoms. The Bertz CT molecular complexity index is 806. The van der Waals surface area contributed by atoms with Crippen LogP contribution in [-0.2, 0) is 7.05 Å². The van der Waals surface area contributed by atoms with Crippen LogP contribution in [0.15, 0.2) is 29.1 Å². The van der Waals surface area contributed by atoms with Crippen molar-refractivity contribution in [3.05, 3.63) is 51.8 Å². The molecule has 3 rings (SSSR count). The van der Waals surface area contributed by atoms with E-state index in [1.807, 2.05) is 13.8 Å². The molecule has 0 bridgehead atoms. The van der Waals surface area contributed by atoms with E-state index in [9.17, 15) is 13.6 Å². The number of hydrogen-bond acceptors (Lipinski definition) is 5. The Morgan fingerprint density at radius 2 is 1.66 bits per heavy atom. The molecule has 0 unspecified atom stereocenters. The summed E-state index contributed by atoms with van der Waals surface area (Å²) in [5, 5.41) is 19.2. The molecule has 1 aromatic heterocycles. The molecule has 0 radical (unpaired) electrons. The number of aliphatic hydroxyl groups excluding tert-OH is 1. The molecule has 0 aliphatic heterocycles. The molecule has 0 atom stereocenters. The van der Waals surface area contributed by atoms with Crippen LogP contribution in [0.2, 0.25) is 0 Å². The number of nitrogens with one attached hydrogen (secondary N) is 2. The fourth-order valence-electron chi connectivity index (χ4n) is 1.95. The van der Waals surface area contributed by atoms with E-state index in [0.29, 0.717) is 0 Å². The summed E-state index contributed by atoms with van der Waals surface area (Å²) in [5.74, 6) is -0.425. The van der Waals surface area contributed by atoms with Gasteiger partial charge < -0.3 is 10.4 Å². The number of nitrogens with zero attached hydrogens (tertiary/aromatic N) is 1. The second-order valence-corrected chi connectivity index (χ2v) is 6.34. The zero-order valence-corrected chi connectivity index (χ0v) is 18.0. The van der Waals surface area contributed by atoms with Crippen LogP contribution in [0.5, 0.6) is 0 Å². The summed E-state index contributed by atoms with van der Waals surface area (Å²) in [7, 11) is 1.31.